The van der Waals surface area contributed by atoms with Crippen molar-refractivity contribution in [2.45, 2.75) is 38.1 Å². The Morgan fingerprint density at radius 1 is 1.35 bits per heavy atom. The van der Waals surface area contributed by atoms with Gasteiger partial charge in [-0.05, 0) is 56.0 Å². The quantitative estimate of drug-likeness (QED) is 0.866. The third-order valence-electron chi connectivity index (χ3n) is 3.77. The summed E-state index contributed by atoms with van der Waals surface area (Å²) in [7, 11) is 2.01. The Balaban J connectivity index is 2.10. The highest BCUT2D eigenvalue weighted by Gasteiger charge is 2.24. The normalized spacial score (nSPS) is 24.9. The molecular weight excluding hydrogens is 237 g/mol. The molecule has 1 nitrogen and oxygen atoms in total. The lowest BCUT2D eigenvalue weighted by atomic mass is 9.81. The molecule has 3 heteroatoms. The fourth-order valence-corrected chi connectivity index (χ4v) is 3.01. The highest BCUT2D eigenvalue weighted by molar-refractivity contribution is 6.31. The van der Waals surface area contributed by atoms with Crippen molar-refractivity contribution < 1.29 is 4.39 Å². The SMILES string of the molecule is CNC1CCCCC1Cc1cc(F)ccc1Cl. The van der Waals surface area contributed by atoms with Crippen LogP contribution < -0.4 is 5.32 Å². The van der Waals surface area contributed by atoms with E-state index < -0.39 is 0 Å². The van der Waals surface area contributed by atoms with Crippen molar-refractivity contribution in [1.29, 1.82) is 0 Å². The molecule has 2 unspecified atom stereocenters. The second-order valence-electron chi connectivity index (χ2n) is 4.88. The first-order valence-electron chi connectivity index (χ1n) is 6.32. The van der Waals surface area contributed by atoms with Gasteiger partial charge in [-0.3, -0.25) is 0 Å². The zero-order valence-electron chi connectivity index (χ0n) is 10.2. The van der Waals surface area contributed by atoms with E-state index in [-0.39, 0.29) is 5.82 Å². The van der Waals surface area contributed by atoms with Crippen LogP contribution in [0, 0.1) is 11.7 Å². The van der Waals surface area contributed by atoms with Gasteiger partial charge in [-0.25, -0.2) is 4.39 Å². The monoisotopic (exact) mass is 255 g/mol. The third kappa shape index (κ3) is 3.20. The Kier molecular flexibility index (Phi) is 4.41. The first-order valence-corrected chi connectivity index (χ1v) is 6.69. The van der Waals surface area contributed by atoms with Crippen molar-refractivity contribution in [2.24, 2.45) is 5.92 Å². The van der Waals surface area contributed by atoms with Crippen LogP contribution in [0.4, 0.5) is 4.39 Å². The minimum Gasteiger partial charge on any atom is -0.317 e. The largest absolute Gasteiger partial charge is 0.317 e. The molecule has 0 spiro atoms. The Bertz CT molecular complexity index is 380. The van der Waals surface area contributed by atoms with Gasteiger partial charge in [-0.15, -0.1) is 0 Å². The predicted octanol–water partition coefficient (Wildman–Crippen LogP) is 3.80. The van der Waals surface area contributed by atoms with E-state index in [2.05, 4.69) is 5.32 Å². The minimum atomic E-state index is -0.193. The zero-order valence-corrected chi connectivity index (χ0v) is 10.9. The Morgan fingerprint density at radius 2 is 2.12 bits per heavy atom. The van der Waals surface area contributed by atoms with Gasteiger partial charge < -0.3 is 5.32 Å². The molecule has 1 aromatic rings. The molecule has 17 heavy (non-hydrogen) atoms. The molecule has 1 N–H and O–H groups in total. The Morgan fingerprint density at radius 3 is 2.88 bits per heavy atom. The summed E-state index contributed by atoms with van der Waals surface area (Å²) in [5.74, 6) is 0.384. The van der Waals surface area contributed by atoms with Crippen LogP contribution >= 0.6 is 11.6 Å². The van der Waals surface area contributed by atoms with E-state index in [4.69, 9.17) is 11.6 Å². The molecule has 0 heterocycles. The highest BCUT2D eigenvalue weighted by Crippen LogP contribution is 2.29. The molecule has 1 aliphatic rings. The third-order valence-corrected chi connectivity index (χ3v) is 4.14. The van der Waals surface area contributed by atoms with Gasteiger partial charge in [0.1, 0.15) is 5.82 Å². The van der Waals surface area contributed by atoms with Gasteiger partial charge in [0, 0.05) is 11.1 Å². The highest BCUT2D eigenvalue weighted by atomic mass is 35.5. The van der Waals surface area contributed by atoms with Crippen LogP contribution in [-0.2, 0) is 6.42 Å². The van der Waals surface area contributed by atoms with Crippen molar-refractivity contribution in [3.8, 4) is 0 Å². The molecule has 94 valence electrons. The summed E-state index contributed by atoms with van der Waals surface area (Å²) in [6.07, 6.45) is 5.86. The summed E-state index contributed by atoms with van der Waals surface area (Å²) in [5, 5.41) is 4.06. The van der Waals surface area contributed by atoms with Gasteiger partial charge in [-0.1, -0.05) is 24.4 Å². The maximum atomic E-state index is 13.2. The van der Waals surface area contributed by atoms with Gasteiger partial charge in [0.05, 0.1) is 0 Å². The smallest absolute Gasteiger partial charge is 0.123 e. The fraction of sp³-hybridized carbons (Fsp3) is 0.571. The molecule has 1 saturated carbocycles. The van der Waals surface area contributed by atoms with Crippen LogP contribution in [0.1, 0.15) is 31.2 Å². The summed E-state index contributed by atoms with van der Waals surface area (Å²) >= 11 is 6.12. The van der Waals surface area contributed by atoms with E-state index in [9.17, 15) is 4.39 Å². The first kappa shape index (κ1) is 12.8. The number of halogens is 2. The van der Waals surface area contributed by atoms with E-state index in [1.165, 1.54) is 31.7 Å². The second kappa shape index (κ2) is 5.83. The van der Waals surface area contributed by atoms with Crippen LogP contribution in [-0.4, -0.2) is 13.1 Å². The fourth-order valence-electron chi connectivity index (χ4n) is 2.81. The lowest BCUT2D eigenvalue weighted by molar-refractivity contribution is 0.272. The van der Waals surface area contributed by atoms with E-state index in [0.717, 1.165) is 12.0 Å². The molecule has 0 radical (unpaired) electrons. The van der Waals surface area contributed by atoms with Crippen LogP contribution in [0.3, 0.4) is 0 Å². The average molecular weight is 256 g/mol. The summed E-state index contributed by atoms with van der Waals surface area (Å²) < 4.78 is 13.2. The molecule has 2 rings (SSSR count). The molecule has 0 aromatic heterocycles. The standard InChI is InChI=1S/C14H19ClFN/c1-17-14-5-3-2-4-10(14)8-11-9-12(16)6-7-13(11)15/h6-7,9-10,14,17H,2-5,8H2,1H3. The molecule has 0 saturated heterocycles. The summed E-state index contributed by atoms with van der Waals surface area (Å²) in [4.78, 5) is 0. The van der Waals surface area contributed by atoms with Crippen molar-refractivity contribution in [2.75, 3.05) is 7.05 Å². The first-order chi connectivity index (χ1) is 8.20. The number of nitrogens with one attached hydrogen (secondary N) is 1. The van der Waals surface area contributed by atoms with Crippen molar-refractivity contribution >= 4 is 11.6 Å². The predicted molar refractivity (Wildman–Crippen MR) is 69.9 cm³/mol. The van der Waals surface area contributed by atoms with E-state index in [0.29, 0.717) is 17.0 Å². The second-order valence-corrected chi connectivity index (χ2v) is 5.29. The molecular formula is C14H19ClFN. The average Bonchev–Trinajstić information content (AvgIpc) is 2.34. The van der Waals surface area contributed by atoms with Crippen molar-refractivity contribution in [1.82, 2.24) is 5.32 Å². The van der Waals surface area contributed by atoms with E-state index in [1.807, 2.05) is 7.05 Å². The summed E-state index contributed by atoms with van der Waals surface area (Å²) in [5.41, 5.74) is 0.943. The van der Waals surface area contributed by atoms with Gasteiger partial charge in [0.25, 0.3) is 0 Å². The van der Waals surface area contributed by atoms with E-state index >= 15 is 0 Å². The number of hydrogen-bond donors (Lipinski definition) is 1. The molecule has 0 amide bonds. The molecule has 2 atom stereocenters. The van der Waals surface area contributed by atoms with Gasteiger partial charge in [0.2, 0.25) is 0 Å². The summed E-state index contributed by atoms with van der Waals surface area (Å²) in [6, 6.07) is 5.19. The molecule has 0 aliphatic heterocycles. The Hall–Kier alpha value is -0.600. The minimum absolute atomic E-state index is 0.193. The van der Waals surface area contributed by atoms with Gasteiger partial charge in [-0.2, -0.15) is 0 Å². The molecule has 1 aliphatic carbocycles. The van der Waals surface area contributed by atoms with Crippen LogP contribution in [0.2, 0.25) is 5.02 Å². The molecule has 1 aromatic carbocycles. The topological polar surface area (TPSA) is 12.0 Å². The summed E-state index contributed by atoms with van der Waals surface area (Å²) in [6.45, 7) is 0. The Labute approximate surface area is 107 Å². The lowest BCUT2D eigenvalue weighted by Gasteiger charge is -2.31. The lowest BCUT2D eigenvalue weighted by Crippen LogP contribution is -2.37. The maximum absolute atomic E-state index is 13.2. The van der Waals surface area contributed by atoms with Gasteiger partial charge in [0.15, 0.2) is 0 Å². The number of rotatable bonds is 3. The van der Waals surface area contributed by atoms with E-state index in [1.54, 1.807) is 12.1 Å². The van der Waals surface area contributed by atoms with Crippen molar-refractivity contribution in [3.63, 3.8) is 0 Å². The maximum Gasteiger partial charge on any atom is 0.123 e. The zero-order chi connectivity index (χ0) is 12.3. The van der Waals surface area contributed by atoms with Crippen LogP contribution in [0.5, 0.6) is 0 Å². The van der Waals surface area contributed by atoms with Gasteiger partial charge >= 0.3 is 0 Å². The molecule has 1 fully saturated rings. The van der Waals surface area contributed by atoms with Crippen LogP contribution in [0.15, 0.2) is 18.2 Å². The van der Waals surface area contributed by atoms with Crippen molar-refractivity contribution in [3.05, 3.63) is 34.6 Å². The van der Waals surface area contributed by atoms with Crippen LogP contribution in [0.25, 0.3) is 0 Å². The molecule has 0 bridgehead atoms. The number of hydrogen-bond acceptors (Lipinski definition) is 1. The number of benzene rings is 1.